The number of hydrogen-bond donors (Lipinski definition) is 1. The molecule has 0 radical (unpaired) electrons. The second kappa shape index (κ2) is 5.92. The van der Waals surface area contributed by atoms with Gasteiger partial charge in [-0.15, -0.1) is 0 Å². The summed E-state index contributed by atoms with van der Waals surface area (Å²) in [6, 6.07) is 4.23. The summed E-state index contributed by atoms with van der Waals surface area (Å²) in [5, 5.41) is 10.9. The zero-order valence-electron chi connectivity index (χ0n) is 15.2. The van der Waals surface area contributed by atoms with E-state index in [1.807, 2.05) is 33.0 Å². The van der Waals surface area contributed by atoms with Crippen LogP contribution in [0.25, 0.3) is 10.9 Å². The van der Waals surface area contributed by atoms with Crippen molar-refractivity contribution >= 4 is 17.0 Å². The Morgan fingerprint density at radius 1 is 1.42 bits per heavy atom. The number of aliphatic hydroxyl groups is 1. The molecule has 0 fully saturated rings. The van der Waals surface area contributed by atoms with E-state index in [9.17, 15) is 9.90 Å². The molecule has 0 aliphatic heterocycles. The van der Waals surface area contributed by atoms with Crippen LogP contribution >= 0.6 is 0 Å². The molecule has 0 spiro atoms. The lowest BCUT2D eigenvalue weighted by Gasteiger charge is -2.21. The van der Waals surface area contributed by atoms with E-state index in [4.69, 9.17) is 4.74 Å². The Labute approximate surface area is 143 Å². The number of carbonyl (C=O) groups excluding carboxylic acids is 1. The fourth-order valence-electron chi connectivity index (χ4n) is 3.90. The largest absolute Gasteiger partial charge is 0.443 e. The zero-order valence-corrected chi connectivity index (χ0v) is 15.2. The van der Waals surface area contributed by atoms with Crippen molar-refractivity contribution in [2.45, 2.75) is 64.9 Å². The Morgan fingerprint density at radius 3 is 2.71 bits per heavy atom. The van der Waals surface area contributed by atoms with E-state index < -0.39 is 5.60 Å². The lowest BCUT2D eigenvalue weighted by atomic mass is 9.95. The van der Waals surface area contributed by atoms with Crippen molar-refractivity contribution in [3.63, 3.8) is 0 Å². The summed E-state index contributed by atoms with van der Waals surface area (Å²) in [5.41, 5.74) is 4.04. The first-order valence-electron chi connectivity index (χ1n) is 8.77. The molecule has 1 aromatic heterocycles. The Hall–Kier alpha value is -1.81. The molecule has 3 rings (SSSR count). The molecular formula is C20H27NO3. The molecular weight excluding hydrogens is 302 g/mol. The van der Waals surface area contributed by atoms with Crippen molar-refractivity contribution in [2.75, 3.05) is 6.61 Å². The molecule has 1 aromatic carbocycles. The van der Waals surface area contributed by atoms with Gasteiger partial charge in [-0.25, -0.2) is 4.79 Å². The van der Waals surface area contributed by atoms with Crippen LogP contribution in [0.3, 0.4) is 0 Å². The molecule has 1 N–H and O–H groups in total. The van der Waals surface area contributed by atoms with Crippen molar-refractivity contribution in [1.29, 1.82) is 0 Å². The van der Waals surface area contributed by atoms with Gasteiger partial charge in [-0.1, -0.05) is 19.9 Å². The molecule has 4 heteroatoms. The summed E-state index contributed by atoms with van der Waals surface area (Å²) in [7, 11) is 0. The fraction of sp³-hybridized carbons (Fsp3) is 0.550. The van der Waals surface area contributed by atoms with E-state index in [-0.39, 0.29) is 18.6 Å². The second-order valence-corrected chi connectivity index (χ2v) is 7.84. The maximum absolute atomic E-state index is 12.7. The lowest BCUT2D eigenvalue weighted by molar-refractivity contribution is 0.0544. The summed E-state index contributed by atoms with van der Waals surface area (Å²) in [4.78, 5) is 12.7. The average Bonchev–Trinajstić information content (AvgIpc) is 3.05. The summed E-state index contributed by atoms with van der Waals surface area (Å²) in [6.45, 7) is 10.1. The molecule has 130 valence electrons. The summed E-state index contributed by atoms with van der Waals surface area (Å²) in [6.07, 6.45) is 3.30. The summed E-state index contributed by atoms with van der Waals surface area (Å²) < 4.78 is 7.23. The van der Waals surface area contributed by atoms with Gasteiger partial charge >= 0.3 is 6.09 Å². The minimum atomic E-state index is -0.529. The van der Waals surface area contributed by atoms with Crippen LogP contribution in [0.5, 0.6) is 0 Å². The van der Waals surface area contributed by atoms with Gasteiger partial charge in [-0.05, 0) is 62.3 Å². The Bertz CT molecular complexity index is 782. The minimum Gasteiger partial charge on any atom is -0.443 e. The number of carbonyl (C=O) groups is 1. The van der Waals surface area contributed by atoms with Crippen LogP contribution in [-0.4, -0.2) is 28.0 Å². The Morgan fingerprint density at radius 2 is 2.12 bits per heavy atom. The van der Waals surface area contributed by atoms with Crippen LogP contribution in [0, 0.1) is 0 Å². The van der Waals surface area contributed by atoms with Crippen molar-refractivity contribution in [2.24, 2.45) is 0 Å². The number of ether oxygens (including phenoxy) is 1. The molecule has 2 aromatic rings. The highest BCUT2D eigenvalue weighted by atomic mass is 16.6. The predicted molar refractivity (Wildman–Crippen MR) is 95.8 cm³/mol. The van der Waals surface area contributed by atoms with E-state index in [1.54, 1.807) is 4.57 Å². The maximum atomic E-state index is 12.7. The van der Waals surface area contributed by atoms with E-state index in [0.29, 0.717) is 5.92 Å². The molecule has 0 amide bonds. The third kappa shape index (κ3) is 2.73. The molecule has 1 heterocycles. The average molecular weight is 329 g/mol. The number of benzene rings is 1. The van der Waals surface area contributed by atoms with Gasteiger partial charge in [0.15, 0.2) is 0 Å². The highest BCUT2D eigenvalue weighted by Gasteiger charge is 2.32. The highest BCUT2D eigenvalue weighted by Crippen LogP contribution is 2.46. The van der Waals surface area contributed by atoms with Crippen molar-refractivity contribution < 1.29 is 14.6 Å². The third-order valence-corrected chi connectivity index (χ3v) is 4.89. The Kier molecular flexibility index (Phi) is 4.20. The van der Waals surface area contributed by atoms with Crippen LogP contribution in [0.2, 0.25) is 0 Å². The monoisotopic (exact) mass is 329 g/mol. The second-order valence-electron chi connectivity index (χ2n) is 7.84. The lowest BCUT2D eigenvalue weighted by Crippen LogP contribution is -2.27. The van der Waals surface area contributed by atoms with Crippen molar-refractivity contribution in [1.82, 2.24) is 4.57 Å². The van der Waals surface area contributed by atoms with Gasteiger partial charge in [-0.2, -0.15) is 0 Å². The SMILES string of the molecule is CCc1cc2c(c3c1ccn3C(=O)OC(C)(C)C)[C@@H](C)C[C@@H]2CO. The minimum absolute atomic E-state index is 0.152. The third-order valence-electron chi connectivity index (χ3n) is 4.89. The van der Waals surface area contributed by atoms with Gasteiger partial charge in [0.25, 0.3) is 0 Å². The number of hydrogen-bond acceptors (Lipinski definition) is 3. The maximum Gasteiger partial charge on any atom is 0.419 e. The molecule has 0 unspecified atom stereocenters. The predicted octanol–water partition coefficient (Wildman–Crippen LogP) is 4.57. The molecule has 0 saturated heterocycles. The number of nitrogens with zero attached hydrogens (tertiary/aromatic N) is 1. The van der Waals surface area contributed by atoms with E-state index in [0.717, 1.165) is 23.7 Å². The normalized spacial score (nSPS) is 20.4. The van der Waals surface area contributed by atoms with Gasteiger partial charge in [0, 0.05) is 24.1 Å². The number of rotatable bonds is 2. The van der Waals surface area contributed by atoms with Gasteiger partial charge < -0.3 is 9.84 Å². The number of aryl methyl sites for hydroxylation is 1. The number of aromatic nitrogens is 1. The van der Waals surface area contributed by atoms with Crippen molar-refractivity contribution in [3.05, 3.63) is 35.0 Å². The van der Waals surface area contributed by atoms with E-state index in [1.165, 1.54) is 16.7 Å². The summed E-state index contributed by atoms with van der Waals surface area (Å²) >= 11 is 0. The van der Waals surface area contributed by atoms with Gasteiger partial charge in [-0.3, -0.25) is 4.57 Å². The molecule has 2 atom stereocenters. The van der Waals surface area contributed by atoms with Crippen molar-refractivity contribution in [3.8, 4) is 0 Å². The van der Waals surface area contributed by atoms with E-state index in [2.05, 4.69) is 19.9 Å². The molecule has 24 heavy (non-hydrogen) atoms. The topological polar surface area (TPSA) is 51.5 Å². The standard InChI is InChI=1S/C20H27NO3/c1-6-13-10-16-14(11-22)9-12(2)17(16)18-15(13)7-8-21(18)19(23)24-20(3,4)5/h7-8,10,12,14,22H,6,9,11H2,1-5H3/t12-,14+/m0/s1. The molecule has 1 aliphatic carbocycles. The van der Waals surface area contributed by atoms with Gasteiger partial charge in [0.05, 0.1) is 5.52 Å². The number of aliphatic hydroxyl groups excluding tert-OH is 1. The molecule has 0 bridgehead atoms. The first-order valence-corrected chi connectivity index (χ1v) is 8.77. The van der Waals surface area contributed by atoms with Crippen LogP contribution in [0.15, 0.2) is 18.3 Å². The molecule has 0 saturated carbocycles. The highest BCUT2D eigenvalue weighted by molar-refractivity contribution is 5.95. The quantitative estimate of drug-likeness (QED) is 0.878. The van der Waals surface area contributed by atoms with E-state index >= 15 is 0 Å². The first kappa shape index (κ1) is 17.0. The van der Waals surface area contributed by atoms with Gasteiger partial charge in [0.1, 0.15) is 5.60 Å². The summed E-state index contributed by atoms with van der Waals surface area (Å²) in [5.74, 6) is 0.480. The molecule has 1 aliphatic rings. The Balaban J connectivity index is 2.24. The smallest absolute Gasteiger partial charge is 0.419 e. The van der Waals surface area contributed by atoms with Crippen LogP contribution in [0.1, 0.15) is 69.6 Å². The van der Waals surface area contributed by atoms with Crippen LogP contribution < -0.4 is 0 Å². The fourth-order valence-corrected chi connectivity index (χ4v) is 3.90. The van der Waals surface area contributed by atoms with Crippen LogP contribution in [-0.2, 0) is 11.2 Å². The number of fused-ring (bicyclic) bond motifs is 3. The van der Waals surface area contributed by atoms with Gasteiger partial charge in [0.2, 0.25) is 0 Å². The molecule has 4 nitrogen and oxygen atoms in total. The zero-order chi connectivity index (χ0) is 17.6. The van der Waals surface area contributed by atoms with Crippen LogP contribution in [0.4, 0.5) is 4.79 Å². The first-order chi connectivity index (χ1) is 11.3.